The fraction of sp³-hybridized carbons (Fsp3) is 0.500. The molecular weight excluding hydrogens is 458 g/mol. The van der Waals surface area contributed by atoms with Crippen LogP contribution < -0.4 is 5.32 Å². The lowest BCUT2D eigenvalue weighted by Gasteiger charge is -2.26. The fourth-order valence-electron chi connectivity index (χ4n) is 5.23. The molecule has 35 heavy (non-hydrogen) atoms. The van der Waals surface area contributed by atoms with Gasteiger partial charge in [0.15, 0.2) is 9.84 Å². The van der Waals surface area contributed by atoms with E-state index in [9.17, 15) is 13.2 Å². The number of fused-ring (bicyclic) bond motifs is 1. The van der Waals surface area contributed by atoms with Gasteiger partial charge in [-0.15, -0.1) is 0 Å². The van der Waals surface area contributed by atoms with Crippen LogP contribution in [0.5, 0.6) is 0 Å². The third-order valence-corrected chi connectivity index (χ3v) is 9.41. The number of sulfone groups is 1. The van der Waals surface area contributed by atoms with Crippen LogP contribution in [0.3, 0.4) is 0 Å². The van der Waals surface area contributed by atoms with E-state index < -0.39 is 9.84 Å². The van der Waals surface area contributed by atoms with Crippen LogP contribution in [-0.2, 0) is 22.8 Å². The van der Waals surface area contributed by atoms with Crippen LogP contribution in [-0.4, -0.2) is 29.6 Å². The van der Waals surface area contributed by atoms with Gasteiger partial charge in [-0.3, -0.25) is 4.79 Å². The summed E-state index contributed by atoms with van der Waals surface area (Å²) in [5.41, 5.74) is 3.49. The molecule has 0 aliphatic heterocycles. The van der Waals surface area contributed by atoms with Gasteiger partial charge in [0.1, 0.15) is 5.82 Å². The van der Waals surface area contributed by atoms with Crippen molar-refractivity contribution in [2.24, 2.45) is 11.8 Å². The van der Waals surface area contributed by atoms with Crippen LogP contribution in [0.25, 0.3) is 11.0 Å². The van der Waals surface area contributed by atoms with Crippen molar-refractivity contribution in [1.82, 2.24) is 14.9 Å². The highest BCUT2D eigenvalue weighted by Crippen LogP contribution is 2.40. The van der Waals surface area contributed by atoms with Gasteiger partial charge in [-0.2, -0.15) is 0 Å². The van der Waals surface area contributed by atoms with Crippen LogP contribution in [0.1, 0.15) is 80.2 Å². The number of carbonyl (C=O) groups is 1. The Morgan fingerprint density at radius 2 is 1.74 bits per heavy atom. The number of nitrogens with one attached hydrogen (secondary N) is 1. The van der Waals surface area contributed by atoms with Crippen molar-refractivity contribution in [3.05, 3.63) is 59.4 Å². The number of imidazole rings is 1. The molecule has 2 aromatic carbocycles. The van der Waals surface area contributed by atoms with Gasteiger partial charge in [-0.05, 0) is 73.4 Å². The average Bonchev–Trinajstić information content (AvgIpc) is 3.64. The van der Waals surface area contributed by atoms with E-state index in [2.05, 4.69) is 16.8 Å². The minimum atomic E-state index is -3.22. The lowest BCUT2D eigenvalue weighted by molar-refractivity contribution is 0.0951. The van der Waals surface area contributed by atoms with E-state index in [1.807, 2.05) is 18.2 Å². The first-order valence-corrected chi connectivity index (χ1v) is 14.6. The Labute approximate surface area is 208 Å². The molecule has 1 N–H and O–H groups in total. The Kier molecular flexibility index (Phi) is 6.71. The molecule has 186 valence electrons. The maximum Gasteiger partial charge on any atom is 0.251 e. The summed E-state index contributed by atoms with van der Waals surface area (Å²) in [7, 11) is -3.22. The summed E-state index contributed by atoms with van der Waals surface area (Å²) in [5, 5.41) is 2.96. The van der Waals surface area contributed by atoms with E-state index in [0.29, 0.717) is 29.0 Å². The number of benzene rings is 2. The molecule has 1 aromatic heterocycles. The summed E-state index contributed by atoms with van der Waals surface area (Å²) in [5.74, 6) is 2.66. The normalized spacial score (nSPS) is 20.7. The third-order valence-electron chi connectivity index (χ3n) is 7.66. The van der Waals surface area contributed by atoms with Crippen molar-refractivity contribution < 1.29 is 13.2 Å². The monoisotopic (exact) mass is 493 g/mol. The molecule has 2 aliphatic carbocycles. The SMILES string of the molecule is CCS(=O)(=O)c1ccc(CNC(=O)c2ccc3c(c2)nc(C[C@H]2CC[C@H](C)CC2)n3C2CC2)cc1. The van der Waals surface area contributed by atoms with Crippen molar-refractivity contribution in [3.63, 3.8) is 0 Å². The minimum absolute atomic E-state index is 0.0731. The van der Waals surface area contributed by atoms with Gasteiger partial charge < -0.3 is 9.88 Å². The molecule has 2 aliphatic rings. The average molecular weight is 494 g/mol. The zero-order valence-electron chi connectivity index (χ0n) is 20.7. The Morgan fingerprint density at radius 3 is 2.40 bits per heavy atom. The van der Waals surface area contributed by atoms with Gasteiger partial charge in [-0.25, -0.2) is 13.4 Å². The molecule has 2 fully saturated rings. The van der Waals surface area contributed by atoms with Crippen LogP contribution in [0.15, 0.2) is 47.4 Å². The number of amides is 1. The molecule has 0 radical (unpaired) electrons. The predicted molar refractivity (Wildman–Crippen MR) is 138 cm³/mol. The molecule has 5 rings (SSSR count). The summed E-state index contributed by atoms with van der Waals surface area (Å²) >= 11 is 0. The highest BCUT2D eigenvalue weighted by Gasteiger charge is 2.30. The first-order valence-electron chi connectivity index (χ1n) is 12.9. The summed E-state index contributed by atoms with van der Waals surface area (Å²) in [6, 6.07) is 13.1. The topological polar surface area (TPSA) is 81.1 Å². The first-order chi connectivity index (χ1) is 16.8. The number of carbonyl (C=O) groups excluding carboxylic acids is 1. The smallest absolute Gasteiger partial charge is 0.251 e. The molecule has 7 heteroatoms. The molecule has 6 nitrogen and oxygen atoms in total. The molecule has 0 unspecified atom stereocenters. The lowest BCUT2D eigenvalue weighted by atomic mass is 9.81. The Bertz CT molecular complexity index is 1320. The maximum absolute atomic E-state index is 12.9. The molecule has 2 saturated carbocycles. The Morgan fingerprint density at radius 1 is 1.03 bits per heavy atom. The van der Waals surface area contributed by atoms with Crippen LogP contribution in [0, 0.1) is 11.8 Å². The maximum atomic E-state index is 12.9. The van der Waals surface area contributed by atoms with Gasteiger partial charge >= 0.3 is 0 Å². The van der Waals surface area contributed by atoms with E-state index in [4.69, 9.17) is 4.98 Å². The van der Waals surface area contributed by atoms with Crippen molar-refractivity contribution in [1.29, 1.82) is 0 Å². The summed E-state index contributed by atoms with van der Waals surface area (Å²) < 4.78 is 26.4. The third kappa shape index (κ3) is 5.30. The zero-order chi connectivity index (χ0) is 24.6. The highest BCUT2D eigenvalue weighted by atomic mass is 32.2. The Hall–Kier alpha value is -2.67. The summed E-state index contributed by atoms with van der Waals surface area (Å²) in [6.45, 7) is 4.33. The quantitative estimate of drug-likeness (QED) is 0.452. The predicted octanol–water partition coefficient (Wildman–Crippen LogP) is 5.46. The van der Waals surface area contributed by atoms with Crippen LogP contribution in [0.4, 0.5) is 0 Å². The van der Waals surface area contributed by atoms with Crippen molar-refractivity contribution in [2.75, 3.05) is 5.75 Å². The van der Waals surface area contributed by atoms with E-state index >= 15 is 0 Å². The second-order valence-electron chi connectivity index (χ2n) is 10.4. The summed E-state index contributed by atoms with van der Waals surface area (Å²) in [6.07, 6.45) is 8.65. The fourth-order valence-corrected chi connectivity index (χ4v) is 6.12. The van der Waals surface area contributed by atoms with E-state index in [1.54, 1.807) is 31.2 Å². The van der Waals surface area contributed by atoms with Crippen LogP contribution >= 0.6 is 0 Å². The first kappa shape index (κ1) is 24.0. The molecule has 0 spiro atoms. The highest BCUT2D eigenvalue weighted by molar-refractivity contribution is 7.91. The molecule has 0 saturated heterocycles. The summed E-state index contributed by atoms with van der Waals surface area (Å²) in [4.78, 5) is 18.2. The molecule has 1 heterocycles. The number of rotatable bonds is 8. The number of aromatic nitrogens is 2. The van der Waals surface area contributed by atoms with Crippen molar-refractivity contribution in [3.8, 4) is 0 Å². The molecule has 0 atom stereocenters. The van der Waals surface area contributed by atoms with Gasteiger partial charge in [0.05, 0.1) is 21.7 Å². The number of hydrogen-bond acceptors (Lipinski definition) is 4. The Balaban J connectivity index is 1.29. The van der Waals surface area contributed by atoms with Gasteiger partial charge in [0.2, 0.25) is 0 Å². The van der Waals surface area contributed by atoms with Crippen LogP contribution in [0.2, 0.25) is 0 Å². The van der Waals surface area contributed by atoms with E-state index in [1.165, 1.54) is 44.3 Å². The molecule has 0 bridgehead atoms. The van der Waals surface area contributed by atoms with Gasteiger partial charge in [0, 0.05) is 24.6 Å². The van der Waals surface area contributed by atoms with Gasteiger partial charge in [0.25, 0.3) is 5.91 Å². The van der Waals surface area contributed by atoms with Crippen molar-refractivity contribution in [2.45, 2.75) is 76.3 Å². The molecule has 3 aromatic rings. The largest absolute Gasteiger partial charge is 0.348 e. The zero-order valence-corrected chi connectivity index (χ0v) is 21.5. The van der Waals surface area contributed by atoms with E-state index in [0.717, 1.165) is 28.9 Å². The van der Waals surface area contributed by atoms with Crippen molar-refractivity contribution >= 4 is 26.8 Å². The lowest BCUT2D eigenvalue weighted by Crippen LogP contribution is -2.22. The molecular formula is C28H35N3O3S. The standard InChI is InChI=1S/C28H35N3O3S/c1-3-35(33,34)24-13-8-21(9-14-24)18-29-28(32)22-10-15-26-25(17-22)30-27(31(26)23-11-12-23)16-20-6-4-19(2)5-7-20/h8-10,13-15,17,19-20,23H,3-7,11-12,16,18H2,1-2H3,(H,29,32)/t19-,20-. The van der Waals surface area contributed by atoms with Gasteiger partial charge in [-0.1, -0.05) is 38.8 Å². The minimum Gasteiger partial charge on any atom is -0.348 e. The number of nitrogens with zero attached hydrogens (tertiary/aromatic N) is 2. The molecule has 1 amide bonds. The second kappa shape index (κ2) is 9.76. The number of hydrogen-bond donors (Lipinski definition) is 1. The second-order valence-corrected chi connectivity index (χ2v) is 12.7. The van der Waals surface area contributed by atoms with E-state index in [-0.39, 0.29) is 11.7 Å².